The molecule has 202 valence electrons. The van der Waals surface area contributed by atoms with E-state index in [-0.39, 0.29) is 18.0 Å². The van der Waals surface area contributed by atoms with E-state index in [1.165, 1.54) is 0 Å². The molecule has 3 atom stereocenters. The Balaban J connectivity index is 1.67. The summed E-state index contributed by atoms with van der Waals surface area (Å²) < 4.78 is 5.58. The first kappa shape index (κ1) is 27.7. The monoisotopic (exact) mass is 515 g/mol. The van der Waals surface area contributed by atoms with Crippen LogP contribution in [0, 0.1) is 0 Å². The summed E-state index contributed by atoms with van der Waals surface area (Å²) in [4.78, 5) is 20.1. The number of hydrogen-bond acceptors (Lipinski definition) is 5. The van der Waals surface area contributed by atoms with Gasteiger partial charge in [-0.3, -0.25) is 14.6 Å². The van der Waals surface area contributed by atoms with Gasteiger partial charge in [0.25, 0.3) is 5.91 Å². The molecule has 0 aromatic heterocycles. The van der Waals surface area contributed by atoms with E-state index >= 15 is 0 Å². The highest BCUT2D eigenvalue weighted by Gasteiger charge is 2.35. The number of nitrogens with zero attached hydrogens (tertiary/aromatic N) is 3. The van der Waals surface area contributed by atoms with Crippen molar-refractivity contribution in [1.29, 1.82) is 0 Å². The SMILES string of the molecule is CCN(CC)C(=O)c1cccc([C@H](c2cccc(OC)c2)N2C[C@@H](C)N(Cc3cccc(O)c3)C[C@@H]2C)c1. The van der Waals surface area contributed by atoms with E-state index in [2.05, 4.69) is 54.0 Å². The number of hydrogen-bond donors (Lipinski definition) is 1. The first-order valence-electron chi connectivity index (χ1n) is 13.6. The average Bonchev–Trinajstić information content (AvgIpc) is 2.92. The average molecular weight is 516 g/mol. The first-order chi connectivity index (χ1) is 18.3. The summed E-state index contributed by atoms with van der Waals surface area (Å²) in [6, 6.07) is 24.5. The lowest BCUT2D eigenvalue weighted by Crippen LogP contribution is -2.56. The van der Waals surface area contributed by atoms with Gasteiger partial charge in [-0.1, -0.05) is 36.4 Å². The number of amides is 1. The van der Waals surface area contributed by atoms with Crippen LogP contribution in [0.2, 0.25) is 0 Å². The molecule has 0 saturated carbocycles. The van der Waals surface area contributed by atoms with E-state index in [1.807, 2.05) is 55.1 Å². The lowest BCUT2D eigenvalue weighted by Gasteiger charge is -2.47. The zero-order valence-corrected chi connectivity index (χ0v) is 23.3. The van der Waals surface area contributed by atoms with Gasteiger partial charge in [0, 0.05) is 50.4 Å². The number of benzene rings is 3. The number of piperazine rings is 1. The van der Waals surface area contributed by atoms with Gasteiger partial charge in [0.2, 0.25) is 0 Å². The second-order valence-corrected chi connectivity index (χ2v) is 10.3. The van der Waals surface area contributed by atoms with Crippen LogP contribution in [0.25, 0.3) is 0 Å². The fraction of sp³-hybridized carbons (Fsp3) is 0.406. The van der Waals surface area contributed by atoms with E-state index in [0.717, 1.165) is 47.6 Å². The molecule has 6 nitrogen and oxygen atoms in total. The van der Waals surface area contributed by atoms with Gasteiger partial charge >= 0.3 is 0 Å². The molecule has 3 aromatic rings. The Hall–Kier alpha value is -3.35. The van der Waals surface area contributed by atoms with Gasteiger partial charge in [-0.2, -0.15) is 0 Å². The molecule has 0 bridgehead atoms. The van der Waals surface area contributed by atoms with E-state index in [4.69, 9.17) is 4.74 Å². The normalized spacial score (nSPS) is 19.2. The molecule has 0 aliphatic carbocycles. The van der Waals surface area contributed by atoms with Crippen molar-refractivity contribution < 1.29 is 14.6 Å². The van der Waals surface area contributed by atoms with Crippen LogP contribution in [0.5, 0.6) is 11.5 Å². The lowest BCUT2D eigenvalue weighted by atomic mass is 9.92. The Morgan fingerprint density at radius 3 is 2.32 bits per heavy atom. The molecule has 1 fully saturated rings. The summed E-state index contributed by atoms with van der Waals surface area (Å²) in [6.45, 7) is 12.5. The molecule has 38 heavy (non-hydrogen) atoms. The van der Waals surface area contributed by atoms with Gasteiger partial charge < -0.3 is 14.7 Å². The molecule has 1 heterocycles. The highest BCUT2D eigenvalue weighted by atomic mass is 16.5. The van der Waals surface area contributed by atoms with Crippen LogP contribution < -0.4 is 4.74 Å². The first-order valence-corrected chi connectivity index (χ1v) is 13.6. The van der Waals surface area contributed by atoms with Gasteiger partial charge in [-0.25, -0.2) is 0 Å². The summed E-state index contributed by atoms with van der Waals surface area (Å²) in [6.07, 6.45) is 0. The van der Waals surface area contributed by atoms with Crippen LogP contribution in [0.3, 0.4) is 0 Å². The van der Waals surface area contributed by atoms with E-state index in [9.17, 15) is 9.90 Å². The maximum Gasteiger partial charge on any atom is 0.253 e. The number of carbonyl (C=O) groups is 1. The zero-order chi connectivity index (χ0) is 27.2. The minimum absolute atomic E-state index is 0.0186. The lowest BCUT2D eigenvalue weighted by molar-refractivity contribution is 0.0194. The predicted octanol–water partition coefficient (Wildman–Crippen LogP) is 5.57. The summed E-state index contributed by atoms with van der Waals surface area (Å²) >= 11 is 0. The molecule has 1 N–H and O–H groups in total. The van der Waals surface area contributed by atoms with Crippen LogP contribution in [0.4, 0.5) is 0 Å². The summed E-state index contributed by atoms with van der Waals surface area (Å²) in [5.41, 5.74) is 4.10. The van der Waals surface area contributed by atoms with E-state index in [1.54, 1.807) is 13.2 Å². The quantitative estimate of drug-likeness (QED) is 0.404. The number of phenols is 1. The fourth-order valence-electron chi connectivity index (χ4n) is 5.62. The maximum absolute atomic E-state index is 13.2. The number of ether oxygens (including phenoxy) is 1. The molecule has 1 aliphatic heterocycles. The van der Waals surface area contributed by atoms with Gasteiger partial charge in [0.15, 0.2) is 0 Å². The highest BCUT2D eigenvalue weighted by Crippen LogP contribution is 2.35. The minimum atomic E-state index is -0.0186. The van der Waals surface area contributed by atoms with Gasteiger partial charge in [0.1, 0.15) is 11.5 Å². The molecule has 6 heteroatoms. The van der Waals surface area contributed by atoms with E-state index in [0.29, 0.717) is 24.9 Å². The number of methoxy groups -OCH3 is 1. The van der Waals surface area contributed by atoms with Gasteiger partial charge in [-0.15, -0.1) is 0 Å². The molecule has 0 radical (unpaired) electrons. The van der Waals surface area contributed by atoms with Crippen LogP contribution in [0.1, 0.15) is 60.8 Å². The molecule has 0 unspecified atom stereocenters. The van der Waals surface area contributed by atoms with Crippen LogP contribution in [0.15, 0.2) is 72.8 Å². The molecule has 1 aliphatic rings. The van der Waals surface area contributed by atoms with Crippen molar-refractivity contribution in [2.75, 3.05) is 33.3 Å². The van der Waals surface area contributed by atoms with Crippen LogP contribution in [-0.4, -0.2) is 71.1 Å². The van der Waals surface area contributed by atoms with Gasteiger partial charge in [0.05, 0.1) is 13.2 Å². The zero-order valence-electron chi connectivity index (χ0n) is 23.3. The number of carbonyl (C=O) groups excluding carboxylic acids is 1. The number of aromatic hydroxyl groups is 1. The summed E-state index contributed by atoms with van der Waals surface area (Å²) in [5, 5.41) is 9.93. The Morgan fingerprint density at radius 2 is 1.63 bits per heavy atom. The molecular weight excluding hydrogens is 474 g/mol. The predicted molar refractivity (Wildman–Crippen MR) is 153 cm³/mol. The molecule has 1 saturated heterocycles. The molecule has 3 aromatic carbocycles. The third-order valence-corrected chi connectivity index (χ3v) is 7.70. The van der Waals surface area contributed by atoms with Crippen molar-refractivity contribution in [2.45, 2.75) is 52.4 Å². The Labute approximate surface area is 227 Å². The van der Waals surface area contributed by atoms with Crippen molar-refractivity contribution in [2.24, 2.45) is 0 Å². The molecular formula is C32H41N3O3. The maximum atomic E-state index is 13.2. The second kappa shape index (κ2) is 12.5. The van der Waals surface area contributed by atoms with Crippen molar-refractivity contribution >= 4 is 5.91 Å². The van der Waals surface area contributed by atoms with Crippen LogP contribution >= 0.6 is 0 Å². The largest absolute Gasteiger partial charge is 0.508 e. The van der Waals surface area contributed by atoms with Gasteiger partial charge in [-0.05, 0) is 80.8 Å². The Morgan fingerprint density at radius 1 is 0.947 bits per heavy atom. The van der Waals surface area contributed by atoms with Crippen molar-refractivity contribution in [3.63, 3.8) is 0 Å². The Kier molecular flexibility index (Phi) is 9.08. The Bertz CT molecular complexity index is 1230. The number of phenolic OH excluding ortho intramolecular Hbond substituents is 1. The van der Waals surface area contributed by atoms with E-state index < -0.39 is 0 Å². The standard InChI is InChI=1S/C32H41N3O3/c1-6-33(7-2)32(37)28-14-9-12-26(18-28)31(27-13-10-16-30(19-27)38-5)35-21-23(3)34(20-24(35)4)22-25-11-8-15-29(36)17-25/h8-19,23-24,31,36H,6-7,20-22H2,1-5H3/t23-,24+,31-/m1/s1. The second-order valence-electron chi connectivity index (χ2n) is 10.3. The minimum Gasteiger partial charge on any atom is -0.508 e. The summed E-state index contributed by atoms with van der Waals surface area (Å²) in [7, 11) is 1.70. The molecule has 4 rings (SSSR count). The third kappa shape index (κ3) is 6.20. The fourth-order valence-corrected chi connectivity index (χ4v) is 5.62. The topological polar surface area (TPSA) is 56.2 Å². The van der Waals surface area contributed by atoms with Crippen LogP contribution in [-0.2, 0) is 6.54 Å². The molecule has 1 amide bonds. The van der Waals surface area contributed by atoms with Crippen molar-refractivity contribution in [3.05, 3.63) is 95.1 Å². The third-order valence-electron chi connectivity index (χ3n) is 7.70. The van der Waals surface area contributed by atoms with Crippen molar-refractivity contribution in [3.8, 4) is 11.5 Å². The molecule has 0 spiro atoms. The number of rotatable bonds is 9. The smallest absolute Gasteiger partial charge is 0.253 e. The summed E-state index contributed by atoms with van der Waals surface area (Å²) in [5.74, 6) is 1.20. The van der Waals surface area contributed by atoms with Crippen molar-refractivity contribution in [1.82, 2.24) is 14.7 Å². The highest BCUT2D eigenvalue weighted by molar-refractivity contribution is 5.94.